The average molecular weight is 171 g/mol. The second kappa shape index (κ2) is 3.75. The van der Waals surface area contributed by atoms with Crippen LogP contribution in [-0.4, -0.2) is 17.7 Å². The first-order valence-corrected chi connectivity index (χ1v) is 3.24. The topological polar surface area (TPSA) is 12.0 Å². The highest BCUT2D eigenvalue weighted by atomic mass is 32.1. The summed E-state index contributed by atoms with van der Waals surface area (Å²) in [6.07, 6.45) is -3.74. The molecule has 0 saturated carbocycles. The van der Waals surface area contributed by atoms with Gasteiger partial charge in [-0.25, -0.2) is 0 Å². The SMILES string of the molecule is CCCNC(=S)C(F)(F)F. The Bertz CT molecular complexity index is 121. The van der Waals surface area contributed by atoms with Crippen LogP contribution in [-0.2, 0) is 0 Å². The molecule has 0 bridgehead atoms. The van der Waals surface area contributed by atoms with Crippen LogP contribution in [0.3, 0.4) is 0 Å². The van der Waals surface area contributed by atoms with Crippen LogP contribution in [0.2, 0.25) is 0 Å². The first-order chi connectivity index (χ1) is 4.48. The minimum Gasteiger partial charge on any atom is -0.372 e. The molecular formula is C5H8F3NS. The lowest BCUT2D eigenvalue weighted by molar-refractivity contribution is -0.0591. The molecular weight excluding hydrogens is 163 g/mol. The van der Waals surface area contributed by atoms with Crippen LogP contribution in [0, 0.1) is 0 Å². The van der Waals surface area contributed by atoms with Gasteiger partial charge in [0.15, 0.2) is 4.99 Å². The Morgan fingerprint density at radius 1 is 1.50 bits per heavy atom. The maximum absolute atomic E-state index is 11.6. The summed E-state index contributed by atoms with van der Waals surface area (Å²) in [4.78, 5) is -1.03. The van der Waals surface area contributed by atoms with Crippen molar-refractivity contribution in [2.75, 3.05) is 6.54 Å². The van der Waals surface area contributed by atoms with Crippen molar-refractivity contribution in [1.29, 1.82) is 0 Å². The van der Waals surface area contributed by atoms with Crippen LogP contribution in [0.4, 0.5) is 13.2 Å². The molecule has 0 aromatic heterocycles. The normalized spacial score (nSPS) is 11.2. The molecule has 60 valence electrons. The second-order valence-electron chi connectivity index (χ2n) is 1.75. The molecule has 0 radical (unpaired) electrons. The Morgan fingerprint density at radius 3 is 2.30 bits per heavy atom. The molecule has 0 aromatic carbocycles. The number of thiocarbonyl (C=S) groups is 1. The average Bonchev–Trinajstić information content (AvgIpc) is 1.80. The Kier molecular flexibility index (Phi) is 3.63. The molecule has 0 amide bonds. The molecule has 0 heterocycles. The van der Waals surface area contributed by atoms with Crippen molar-refractivity contribution in [2.45, 2.75) is 19.5 Å². The number of halogens is 3. The van der Waals surface area contributed by atoms with E-state index in [9.17, 15) is 13.2 Å². The van der Waals surface area contributed by atoms with E-state index in [0.717, 1.165) is 0 Å². The fourth-order valence-electron chi connectivity index (χ4n) is 0.339. The standard InChI is InChI=1S/C5H8F3NS/c1-2-3-9-4(10)5(6,7)8/h2-3H2,1H3,(H,9,10). The monoisotopic (exact) mass is 171 g/mol. The third-order valence-electron chi connectivity index (χ3n) is 0.793. The van der Waals surface area contributed by atoms with Gasteiger partial charge in [-0.15, -0.1) is 0 Å². The van der Waals surface area contributed by atoms with Gasteiger partial charge < -0.3 is 5.32 Å². The van der Waals surface area contributed by atoms with E-state index in [0.29, 0.717) is 6.42 Å². The molecule has 5 heteroatoms. The van der Waals surface area contributed by atoms with Gasteiger partial charge in [0.2, 0.25) is 0 Å². The van der Waals surface area contributed by atoms with Crippen molar-refractivity contribution in [3.63, 3.8) is 0 Å². The quantitative estimate of drug-likeness (QED) is 0.636. The molecule has 0 aliphatic heterocycles. The van der Waals surface area contributed by atoms with Crippen molar-refractivity contribution < 1.29 is 13.2 Å². The highest BCUT2D eigenvalue weighted by molar-refractivity contribution is 7.80. The smallest absolute Gasteiger partial charge is 0.372 e. The van der Waals surface area contributed by atoms with Crippen molar-refractivity contribution >= 4 is 17.2 Å². The molecule has 10 heavy (non-hydrogen) atoms. The molecule has 0 atom stereocenters. The summed E-state index contributed by atoms with van der Waals surface area (Å²) in [6, 6.07) is 0. The van der Waals surface area contributed by atoms with Gasteiger partial charge in [-0.3, -0.25) is 0 Å². The minimum atomic E-state index is -4.37. The van der Waals surface area contributed by atoms with Crippen LogP contribution < -0.4 is 5.32 Å². The van der Waals surface area contributed by atoms with Crippen molar-refractivity contribution in [3.05, 3.63) is 0 Å². The summed E-state index contributed by atoms with van der Waals surface area (Å²) < 4.78 is 34.7. The number of alkyl halides is 3. The van der Waals surface area contributed by atoms with E-state index in [-0.39, 0.29) is 6.54 Å². The Balaban J connectivity index is 3.64. The van der Waals surface area contributed by atoms with Crippen LogP contribution in [0.1, 0.15) is 13.3 Å². The highest BCUT2D eigenvalue weighted by Crippen LogP contribution is 2.15. The summed E-state index contributed by atoms with van der Waals surface area (Å²) in [7, 11) is 0. The number of nitrogens with one attached hydrogen (secondary N) is 1. The second-order valence-corrected chi connectivity index (χ2v) is 2.16. The maximum atomic E-state index is 11.6. The molecule has 0 fully saturated rings. The van der Waals surface area contributed by atoms with E-state index in [1.165, 1.54) is 0 Å². The lowest BCUT2D eigenvalue weighted by atomic mass is 10.5. The van der Waals surface area contributed by atoms with Gasteiger partial charge in [-0.1, -0.05) is 19.1 Å². The van der Waals surface area contributed by atoms with E-state index < -0.39 is 11.2 Å². The fraction of sp³-hybridized carbons (Fsp3) is 0.800. The Hall–Kier alpha value is -0.320. The van der Waals surface area contributed by atoms with E-state index in [1.54, 1.807) is 6.92 Å². The van der Waals surface area contributed by atoms with E-state index >= 15 is 0 Å². The Labute approximate surface area is 62.6 Å². The van der Waals surface area contributed by atoms with Gasteiger partial charge in [0.25, 0.3) is 0 Å². The lowest BCUT2D eigenvalue weighted by Crippen LogP contribution is -2.35. The van der Waals surface area contributed by atoms with Crippen LogP contribution >= 0.6 is 12.2 Å². The van der Waals surface area contributed by atoms with Gasteiger partial charge in [-0.05, 0) is 6.42 Å². The predicted octanol–water partition coefficient (Wildman–Crippen LogP) is 1.88. The van der Waals surface area contributed by atoms with Crippen LogP contribution in [0.5, 0.6) is 0 Å². The van der Waals surface area contributed by atoms with Gasteiger partial charge in [-0.2, -0.15) is 13.2 Å². The highest BCUT2D eigenvalue weighted by Gasteiger charge is 2.33. The molecule has 0 aliphatic rings. The number of hydrogen-bond donors (Lipinski definition) is 1. The molecule has 0 saturated heterocycles. The van der Waals surface area contributed by atoms with E-state index in [2.05, 4.69) is 17.5 Å². The maximum Gasteiger partial charge on any atom is 0.441 e. The summed E-state index contributed by atoms with van der Waals surface area (Å²) >= 11 is 4.02. The molecule has 1 nitrogen and oxygen atoms in total. The fourth-order valence-corrected chi connectivity index (χ4v) is 0.441. The molecule has 0 rings (SSSR count). The largest absolute Gasteiger partial charge is 0.441 e. The van der Waals surface area contributed by atoms with Crippen LogP contribution in [0.25, 0.3) is 0 Å². The summed E-state index contributed by atoms with van der Waals surface area (Å²) in [5, 5.41) is 2.08. The van der Waals surface area contributed by atoms with Crippen molar-refractivity contribution in [3.8, 4) is 0 Å². The summed E-state index contributed by atoms with van der Waals surface area (Å²) in [6.45, 7) is 2.05. The van der Waals surface area contributed by atoms with Gasteiger partial charge >= 0.3 is 6.18 Å². The number of hydrogen-bond acceptors (Lipinski definition) is 1. The third-order valence-corrected chi connectivity index (χ3v) is 1.17. The molecule has 0 aromatic rings. The predicted molar refractivity (Wildman–Crippen MR) is 36.9 cm³/mol. The molecule has 0 aliphatic carbocycles. The lowest BCUT2D eigenvalue weighted by Gasteiger charge is -2.08. The van der Waals surface area contributed by atoms with Gasteiger partial charge in [0, 0.05) is 6.54 Å². The van der Waals surface area contributed by atoms with E-state index in [1.807, 2.05) is 0 Å². The zero-order valence-electron chi connectivity index (χ0n) is 5.46. The van der Waals surface area contributed by atoms with Crippen LogP contribution in [0.15, 0.2) is 0 Å². The van der Waals surface area contributed by atoms with Gasteiger partial charge in [0.05, 0.1) is 0 Å². The molecule has 0 unspecified atom stereocenters. The summed E-state index contributed by atoms with van der Waals surface area (Å²) in [5.41, 5.74) is 0. The van der Waals surface area contributed by atoms with Crippen molar-refractivity contribution in [1.82, 2.24) is 5.32 Å². The minimum absolute atomic E-state index is 0.276. The number of rotatable bonds is 2. The third kappa shape index (κ3) is 3.66. The molecule has 0 spiro atoms. The van der Waals surface area contributed by atoms with Gasteiger partial charge in [0.1, 0.15) is 0 Å². The molecule has 1 N–H and O–H groups in total. The van der Waals surface area contributed by atoms with E-state index in [4.69, 9.17) is 0 Å². The Morgan fingerprint density at radius 2 is 2.00 bits per heavy atom. The zero-order chi connectivity index (χ0) is 8.20. The first-order valence-electron chi connectivity index (χ1n) is 2.83. The first kappa shape index (κ1) is 9.68. The zero-order valence-corrected chi connectivity index (χ0v) is 6.27. The van der Waals surface area contributed by atoms with Crippen molar-refractivity contribution in [2.24, 2.45) is 0 Å². The summed E-state index contributed by atoms with van der Waals surface area (Å²) in [5.74, 6) is 0.